The average molecular weight is 367 g/mol. The molecule has 0 radical (unpaired) electrons. The number of rotatable bonds is 8. The van der Waals surface area contributed by atoms with Gasteiger partial charge in [0.05, 0.1) is 0 Å². The Morgan fingerprint density at radius 1 is 1.20 bits per heavy atom. The first-order valence-corrected chi connectivity index (χ1v) is 8.96. The Morgan fingerprint density at radius 2 is 2.00 bits per heavy atom. The molecule has 0 saturated carbocycles. The average Bonchev–Trinajstić information content (AvgIpc) is 3.08. The summed E-state index contributed by atoms with van der Waals surface area (Å²) in [5, 5.41) is 8.48. The van der Waals surface area contributed by atoms with E-state index >= 15 is 0 Å². The first kappa shape index (κ1) is 19.2. The molecule has 0 amide bonds. The summed E-state index contributed by atoms with van der Waals surface area (Å²) in [5.41, 5.74) is 0.650. The second-order valence-electron chi connectivity index (χ2n) is 5.68. The molecule has 25 heavy (non-hydrogen) atoms. The van der Waals surface area contributed by atoms with Crippen molar-refractivity contribution in [2.75, 3.05) is 13.6 Å². The number of thiophene rings is 1. The fourth-order valence-corrected chi connectivity index (χ4v) is 3.25. The van der Waals surface area contributed by atoms with Crippen LogP contribution in [0.25, 0.3) is 0 Å². The zero-order valence-corrected chi connectivity index (χ0v) is 15.2. The maximum atomic E-state index is 12.5. The number of halogens is 2. The van der Waals surface area contributed by atoms with Crippen molar-refractivity contribution in [1.29, 1.82) is 0 Å². The van der Waals surface area contributed by atoms with E-state index in [9.17, 15) is 8.78 Å². The van der Waals surface area contributed by atoms with Crippen molar-refractivity contribution in [3.8, 4) is 5.75 Å². The molecule has 0 aliphatic carbocycles. The molecule has 2 N–H and O–H groups in total. The Balaban J connectivity index is 1.82. The SMILES string of the molecule is CN=C(NCc1ccccc1OC(F)F)NCC(C)Cc1cccs1. The van der Waals surface area contributed by atoms with E-state index in [1.807, 2.05) is 0 Å². The van der Waals surface area contributed by atoms with Crippen LogP contribution in [0, 0.1) is 5.92 Å². The molecule has 1 atom stereocenters. The molecule has 136 valence electrons. The summed E-state index contributed by atoms with van der Waals surface area (Å²) in [6.07, 6.45) is 1.01. The molecule has 0 saturated heterocycles. The largest absolute Gasteiger partial charge is 0.434 e. The zero-order chi connectivity index (χ0) is 18.1. The highest BCUT2D eigenvalue weighted by molar-refractivity contribution is 7.09. The maximum Gasteiger partial charge on any atom is 0.387 e. The fraction of sp³-hybridized carbons (Fsp3) is 0.389. The van der Waals surface area contributed by atoms with Crippen molar-refractivity contribution in [1.82, 2.24) is 10.6 Å². The predicted molar refractivity (Wildman–Crippen MR) is 98.5 cm³/mol. The van der Waals surface area contributed by atoms with Crippen molar-refractivity contribution in [3.05, 3.63) is 52.2 Å². The standard InChI is InChI=1S/C18H23F2N3OS/c1-13(10-15-7-5-9-25-15)11-22-18(21-2)23-12-14-6-3-4-8-16(14)24-17(19)20/h3-9,13,17H,10-12H2,1-2H3,(H2,21,22,23). The van der Waals surface area contributed by atoms with Gasteiger partial charge in [0.25, 0.3) is 0 Å². The summed E-state index contributed by atoms with van der Waals surface area (Å²) in [4.78, 5) is 5.53. The maximum absolute atomic E-state index is 12.5. The van der Waals surface area contributed by atoms with Crippen LogP contribution in [0.15, 0.2) is 46.8 Å². The highest BCUT2D eigenvalue weighted by Crippen LogP contribution is 2.20. The Labute approximate surface area is 150 Å². The van der Waals surface area contributed by atoms with Crippen LogP contribution in [-0.4, -0.2) is 26.2 Å². The molecule has 0 aliphatic rings. The molecular weight excluding hydrogens is 344 g/mol. The lowest BCUT2D eigenvalue weighted by Crippen LogP contribution is -2.39. The lowest BCUT2D eigenvalue weighted by Gasteiger charge is -2.16. The van der Waals surface area contributed by atoms with Gasteiger partial charge in [-0.3, -0.25) is 4.99 Å². The van der Waals surface area contributed by atoms with Gasteiger partial charge in [-0.1, -0.05) is 31.2 Å². The number of ether oxygens (including phenoxy) is 1. The molecule has 1 unspecified atom stereocenters. The van der Waals surface area contributed by atoms with E-state index in [0.29, 0.717) is 24.0 Å². The summed E-state index contributed by atoms with van der Waals surface area (Å²) < 4.78 is 29.4. The van der Waals surface area contributed by atoms with Gasteiger partial charge in [0.1, 0.15) is 5.75 Å². The van der Waals surface area contributed by atoms with E-state index in [-0.39, 0.29) is 5.75 Å². The number of alkyl halides is 2. The number of nitrogens with one attached hydrogen (secondary N) is 2. The van der Waals surface area contributed by atoms with Gasteiger partial charge in [0.15, 0.2) is 5.96 Å². The second kappa shape index (κ2) is 9.98. The van der Waals surface area contributed by atoms with Crippen LogP contribution in [0.4, 0.5) is 8.78 Å². The number of guanidine groups is 1. The van der Waals surface area contributed by atoms with Crippen molar-refractivity contribution in [2.45, 2.75) is 26.5 Å². The van der Waals surface area contributed by atoms with Gasteiger partial charge in [0, 0.05) is 30.6 Å². The number of benzene rings is 1. The van der Waals surface area contributed by atoms with Gasteiger partial charge in [-0.25, -0.2) is 0 Å². The minimum Gasteiger partial charge on any atom is -0.434 e. The third-order valence-corrected chi connectivity index (χ3v) is 4.50. The van der Waals surface area contributed by atoms with Crippen molar-refractivity contribution in [3.63, 3.8) is 0 Å². The molecule has 2 rings (SSSR count). The molecule has 0 aliphatic heterocycles. The van der Waals surface area contributed by atoms with Crippen molar-refractivity contribution >= 4 is 17.3 Å². The number of nitrogens with zero attached hydrogens (tertiary/aromatic N) is 1. The van der Waals surface area contributed by atoms with E-state index in [4.69, 9.17) is 0 Å². The van der Waals surface area contributed by atoms with E-state index in [1.54, 1.807) is 36.6 Å². The summed E-state index contributed by atoms with van der Waals surface area (Å²) >= 11 is 1.76. The van der Waals surface area contributed by atoms with Crippen LogP contribution in [0.1, 0.15) is 17.4 Å². The highest BCUT2D eigenvalue weighted by Gasteiger charge is 2.10. The Morgan fingerprint density at radius 3 is 2.68 bits per heavy atom. The quantitative estimate of drug-likeness (QED) is 0.550. The van der Waals surface area contributed by atoms with Crippen LogP contribution >= 0.6 is 11.3 Å². The molecule has 1 aromatic heterocycles. The monoisotopic (exact) mass is 367 g/mol. The molecule has 0 bridgehead atoms. The first-order valence-electron chi connectivity index (χ1n) is 8.08. The van der Waals surface area contributed by atoms with E-state index < -0.39 is 6.61 Å². The van der Waals surface area contributed by atoms with Gasteiger partial charge in [-0.05, 0) is 29.9 Å². The summed E-state index contributed by atoms with van der Waals surface area (Å²) in [5.74, 6) is 1.25. The zero-order valence-electron chi connectivity index (χ0n) is 14.3. The molecule has 4 nitrogen and oxygen atoms in total. The number of aliphatic imine (C=N–C) groups is 1. The van der Waals surface area contributed by atoms with E-state index in [0.717, 1.165) is 13.0 Å². The Bertz CT molecular complexity index is 662. The smallest absolute Gasteiger partial charge is 0.387 e. The minimum atomic E-state index is -2.84. The number of hydrogen-bond acceptors (Lipinski definition) is 3. The highest BCUT2D eigenvalue weighted by atomic mass is 32.1. The normalized spacial score (nSPS) is 12.9. The van der Waals surface area contributed by atoms with Crippen LogP contribution in [-0.2, 0) is 13.0 Å². The van der Waals surface area contributed by atoms with Gasteiger partial charge >= 0.3 is 6.61 Å². The lowest BCUT2D eigenvalue weighted by atomic mass is 10.1. The third kappa shape index (κ3) is 6.70. The lowest BCUT2D eigenvalue weighted by molar-refractivity contribution is -0.0504. The van der Waals surface area contributed by atoms with Crippen LogP contribution in [0.3, 0.4) is 0 Å². The minimum absolute atomic E-state index is 0.173. The topological polar surface area (TPSA) is 45.7 Å². The molecule has 2 aromatic rings. The summed E-state index contributed by atoms with van der Waals surface area (Å²) in [6, 6.07) is 10.9. The van der Waals surface area contributed by atoms with Gasteiger partial charge in [-0.15, -0.1) is 11.3 Å². The number of hydrogen-bond donors (Lipinski definition) is 2. The molecule has 0 fully saturated rings. The van der Waals surface area contributed by atoms with Crippen LogP contribution < -0.4 is 15.4 Å². The fourth-order valence-electron chi connectivity index (χ4n) is 2.38. The van der Waals surface area contributed by atoms with Crippen LogP contribution in [0.2, 0.25) is 0 Å². The third-order valence-electron chi connectivity index (χ3n) is 3.61. The summed E-state index contributed by atoms with van der Waals surface area (Å²) in [7, 11) is 1.68. The molecular formula is C18H23F2N3OS. The van der Waals surface area contributed by atoms with Crippen molar-refractivity contribution in [2.24, 2.45) is 10.9 Å². The molecule has 0 spiro atoms. The number of para-hydroxylation sites is 1. The van der Waals surface area contributed by atoms with Crippen molar-refractivity contribution < 1.29 is 13.5 Å². The summed E-state index contributed by atoms with van der Waals surface area (Å²) in [6.45, 7) is 0.456. The van der Waals surface area contributed by atoms with Crippen LogP contribution in [0.5, 0.6) is 5.75 Å². The Kier molecular flexibility index (Phi) is 7.66. The predicted octanol–water partition coefficient (Wildman–Crippen LogP) is 3.89. The van der Waals surface area contributed by atoms with E-state index in [2.05, 4.69) is 44.8 Å². The van der Waals surface area contributed by atoms with E-state index in [1.165, 1.54) is 10.9 Å². The Hall–Kier alpha value is -2.15. The molecule has 1 heterocycles. The second-order valence-corrected chi connectivity index (χ2v) is 6.71. The van der Waals surface area contributed by atoms with Gasteiger partial charge in [-0.2, -0.15) is 8.78 Å². The van der Waals surface area contributed by atoms with Gasteiger partial charge < -0.3 is 15.4 Å². The first-order chi connectivity index (χ1) is 12.1. The van der Waals surface area contributed by atoms with Gasteiger partial charge in [0.2, 0.25) is 0 Å². The molecule has 7 heteroatoms. The molecule has 1 aromatic carbocycles.